The van der Waals surface area contributed by atoms with Crippen LogP contribution in [0.5, 0.6) is 0 Å². The summed E-state index contributed by atoms with van der Waals surface area (Å²) >= 11 is 9.16. The van der Waals surface area contributed by atoms with Crippen LogP contribution in [-0.4, -0.2) is 19.8 Å². The Morgan fingerprint density at radius 1 is 1.08 bits per heavy atom. The summed E-state index contributed by atoms with van der Waals surface area (Å²) in [4.78, 5) is 12.8. The predicted molar refractivity (Wildman–Crippen MR) is 104 cm³/mol. The summed E-state index contributed by atoms with van der Waals surface area (Å²) in [6.45, 7) is 3.37. The van der Waals surface area contributed by atoms with Gasteiger partial charge in [0.25, 0.3) is 0 Å². The van der Waals surface area contributed by atoms with Crippen molar-refractivity contribution in [1.29, 1.82) is 0 Å². The molecule has 8 heteroatoms. The Morgan fingerprint density at radius 3 is 2.19 bits per heavy atom. The monoisotopic (exact) mass is 455 g/mol. The fourth-order valence-electron chi connectivity index (χ4n) is 2.71. The van der Waals surface area contributed by atoms with Gasteiger partial charge in [-0.2, -0.15) is 0 Å². The zero-order chi connectivity index (χ0) is 19.3. The maximum atomic E-state index is 12.9. The highest BCUT2D eigenvalue weighted by atomic mass is 79.9. The number of sulfonamides is 1. The lowest BCUT2D eigenvalue weighted by atomic mass is 9.93. The van der Waals surface area contributed by atoms with Gasteiger partial charge >= 0.3 is 0 Å². The van der Waals surface area contributed by atoms with Gasteiger partial charge in [0.2, 0.25) is 15.8 Å². The third-order valence-electron chi connectivity index (χ3n) is 3.99. The Kier molecular flexibility index (Phi) is 4.77. The average Bonchev–Trinajstić information content (AvgIpc) is 2.77. The zero-order valence-corrected chi connectivity index (χ0v) is 17.1. The first-order valence-corrected chi connectivity index (χ1v) is 10.3. The Morgan fingerprint density at radius 2 is 1.65 bits per heavy atom. The van der Waals surface area contributed by atoms with Gasteiger partial charge in [-0.15, -0.1) is 0 Å². The summed E-state index contributed by atoms with van der Waals surface area (Å²) in [5, 5.41) is 5.75. The Bertz CT molecular complexity index is 1040. The number of hydrogen-bond acceptors (Lipinski definition) is 4. The number of benzene rings is 2. The lowest BCUT2D eigenvalue weighted by Gasteiger charge is -2.18. The minimum atomic E-state index is -3.86. The van der Waals surface area contributed by atoms with Gasteiger partial charge in [-0.05, 0) is 65.7 Å². The molecule has 0 amide bonds. The topological polar surface area (TPSA) is 86.5 Å². The van der Waals surface area contributed by atoms with Crippen molar-refractivity contribution >= 4 is 54.7 Å². The quantitative estimate of drug-likeness (QED) is 0.756. The molecule has 0 aromatic heterocycles. The van der Waals surface area contributed by atoms with Crippen LogP contribution in [0.4, 0.5) is 0 Å². The SMILES string of the molecule is CC1(C)OC(c2ccc(S(N)(=O)=O)c(Br)c2)=C(c2ccc(Cl)cc2)C1=O. The molecule has 0 spiro atoms. The molecule has 0 radical (unpaired) electrons. The molecular formula is C18H15BrClNO4S. The minimum absolute atomic E-state index is 0.0431. The molecule has 0 fully saturated rings. The van der Waals surface area contributed by atoms with Crippen molar-refractivity contribution < 1.29 is 17.9 Å². The number of carbonyl (C=O) groups is 1. The second-order valence-electron chi connectivity index (χ2n) is 6.34. The molecule has 26 heavy (non-hydrogen) atoms. The number of halogens is 2. The first-order chi connectivity index (χ1) is 12.0. The standard InChI is InChI=1S/C18H15BrClNO4S/c1-18(2)17(22)15(10-3-6-12(20)7-4-10)16(25-18)11-5-8-14(13(19)9-11)26(21,23)24/h3-9H,1-2H3,(H2,21,23,24). The molecule has 1 aliphatic heterocycles. The lowest BCUT2D eigenvalue weighted by molar-refractivity contribution is -0.125. The predicted octanol–water partition coefficient (Wildman–Crippen LogP) is 4.00. The smallest absolute Gasteiger partial charge is 0.239 e. The molecular weight excluding hydrogens is 442 g/mol. The van der Waals surface area contributed by atoms with Crippen molar-refractivity contribution in [3.05, 3.63) is 63.1 Å². The van der Waals surface area contributed by atoms with E-state index in [1.54, 1.807) is 50.2 Å². The van der Waals surface area contributed by atoms with Crippen LogP contribution >= 0.6 is 27.5 Å². The van der Waals surface area contributed by atoms with E-state index in [4.69, 9.17) is 21.5 Å². The van der Waals surface area contributed by atoms with Crippen molar-refractivity contribution in [2.75, 3.05) is 0 Å². The first-order valence-electron chi connectivity index (χ1n) is 7.57. The van der Waals surface area contributed by atoms with Crippen LogP contribution in [0.1, 0.15) is 25.0 Å². The van der Waals surface area contributed by atoms with E-state index in [-0.39, 0.29) is 10.7 Å². The number of Topliss-reactive ketones (excluding diaryl/α,β-unsaturated/α-hetero) is 1. The van der Waals surface area contributed by atoms with Crippen molar-refractivity contribution in [1.82, 2.24) is 0 Å². The van der Waals surface area contributed by atoms with E-state index in [1.807, 2.05) is 0 Å². The van der Waals surface area contributed by atoms with Gasteiger partial charge in [0.1, 0.15) is 5.76 Å². The highest BCUT2D eigenvalue weighted by molar-refractivity contribution is 9.10. The summed E-state index contributed by atoms with van der Waals surface area (Å²) in [5.74, 6) is 0.213. The number of rotatable bonds is 3. The second-order valence-corrected chi connectivity index (χ2v) is 9.16. The summed E-state index contributed by atoms with van der Waals surface area (Å²) in [6.07, 6.45) is 0. The fraction of sp³-hybridized carbons (Fsp3) is 0.167. The molecule has 136 valence electrons. The zero-order valence-electron chi connectivity index (χ0n) is 13.9. The second kappa shape index (κ2) is 6.49. The molecule has 0 saturated heterocycles. The van der Waals surface area contributed by atoms with Gasteiger partial charge < -0.3 is 4.74 Å². The molecule has 3 rings (SSSR count). The minimum Gasteiger partial charge on any atom is -0.478 e. The first kappa shape index (κ1) is 19.1. The van der Waals surface area contributed by atoms with Crippen LogP contribution in [0, 0.1) is 0 Å². The van der Waals surface area contributed by atoms with Gasteiger partial charge in [0, 0.05) is 15.1 Å². The van der Waals surface area contributed by atoms with Gasteiger partial charge in [0.15, 0.2) is 5.60 Å². The maximum Gasteiger partial charge on any atom is 0.239 e. The largest absolute Gasteiger partial charge is 0.478 e. The normalized spacial score (nSPS) is 16.7. The van der Waals surface area contributed by atoms with Crippen molar-refractivity contribution in [3.63, 3.8) is 0 Å². The van der Waals surface area contributed by atoms with Crippen LogP contribution in [0.15, 0.2) is 51.8 Å². The third kappa shape index (κ3) is 3.44. The van der Waals surface area contributed by atoms with Crippen LogP contribution in [0.25, 0.3) is 11.3 Å². The highest BCUT2D eigenvalue weighted by Crippen LogP contribution is 2.42. The number of hydrogen-bond donors (Lipinski definition) is 1. The van der Waals surface area contributed by atoms with E-state index in [2.05, 4.69) is 15.9 Å². The summed E-state index contributed by atoms with van der Waals surface area (Å²) in [5.41, 5.74) is 0.622. The average molecular weight is 457 g/mol. The van der Waals surface area contributed by atoms with E-state index in [9.17, 15) is 13.2 Å². The summed E-state index contributed by atoms with van der Waals surface area (Å²) in [7, 11) is -3.86. The summed E-state index contributed by atoms with van der Waals surface area (Å²) < 4.78 is 29.4. The molecule has 1 heterocycles. The molecule has 2 aromatic carbocycles. The molecule has 1 aliphatic rings. The van der Waals surface area contributed by atoms with Crippen LogP contribution < -0.4 is 5.14 Å². The molecule has 2 aromatic rings. The molecule has 5 nitrogen and oxygen atoms in total. The number of carbonyl (C=O) groups excluding carboxylic acids is 1. The molecule has 2 N–H and O–H groups in total. The van der Waals surface area contributed by atoms with E-state index in [1.165, 1.54) is 6.07 Å². The Hall–Kier alpha value is -1.67. The third-order valence-corrected chi connectivity index (χ3v) is 6.13. The van der Waals surface area contributed by atoms with Crippen molar-refractivity contribution in [2.45, 2.75) is 24.3 Å². The molecule has 0 bridgehead atoms. The van der Waals surface area contributed by atoms with Gasteiger partial charge in [0.05, 0.1) is 10.5 Å². The molecule has 0 atom stereocenters. The Balaban J connectivity index is 2.20. The fourth-order valence-corrected chi connectivity index (χ4v) is 4.48. The van der Waals surface area contributed by atoms with E-state index in [0.29, 0.717) is 32.0 Å². The van der Waals surface area contributed by atoms with E-state index in [0.717, 1.165) is 0 Å². The number of ketones is 1. The van der Waals surface area contributed by atoms with Crippen LogP contribution in [-0.2, 0) is 19.6 Å². The lowest BCUT2D eigenvalue weighted by Crippen LogP contribution is -2.29. The molecule has 0 saturated carbocycles. The maximum absolute atomic E-state index is 12.9. The van der Waals surface area contributed by atoms with E-state index < -0.39 is 15.6 Å². The number of ether oxygens (including phenoxy) is 1. The van der Waals surface area contributed by atoms with Crippen LogP contribution in [0.3, 0.4) is 0 Å². The van der Waals surface area contributed by atoms with Crippen molar-refractivity contribution in [2.24, 2.45) is 5.14 Å². The van der Waals surface area contributed by atoms with Crippen LogP contribution in [0.2, 0.25) is 5.02 Å². The Labute approximate surface area is 165 Å². The van der Waals surface area contributed by atoms with Gasteiger partial charge in [-0.25, -0.2) is 13.6 Å². The van der Waals surface area contributed by atoms with E-state index >= 15 is 0 Å². The highest BCUT2D eigenvalue weighted by Gasteiger charge is 2.42. The van der Waals surface area contributed by atoms with Gasteiger partial charge in [-0.1, -0.05) is 23.7 Å². The molecule has 0 unspecified atom stereocenters. The number of primary sulfonamides is 1. The molecule has 0 aliphatic carbocycles. The van der Waals surface area contributed by atoms with Crippen molar-refractivity contribution in [3.8, 4) is 0 Å². The van der Waals surface area contributed by atoms with Gasteiger partial charge in [-0.3, -0.25) is 4.79 Å². The number of nitrogens with two attached hydrogens (primary N) is 1. The summed E-state index contributed by atoms with van der Waals surface area (Å²) in [6, 6.07) is 11.4.